The van der Waals surface area contributed by atoms with Crippen molar-refractivity contribution in [2.75, 3.05) is 51.8 Å². The van der Waals surface area contributed by atoms with Crippen molar-refractivity contribution in [3.63, 3.8) is 0 Å². The van der Waals surface area contributed by atoms with Gasteiger partial charge >= 0.3 is 6.03 Å². The van der Waals surface area contributed by atoms with Crippen molar-refractivity contribution in [1.82, 2.24) is 25.3 Å². The summed E-state index contributed by atoms with van der Waals surface area (Å²) in [5.74, 6) is 2.06. The number of benzene rings is 1. The van der Waals surface area contributed by atoms with Crippen LogP contribution in [0.25, 0.3) is 11.3 Å². The lowest BCUT2D eigenvalue weighted by Crippen LogP contribution is -2.55. The van der Waals surface area contributed by atoms with Crippen molar-refractivity contribution in [2.24, 2.45) is 0 Å². The third-order valence-electron chi connectivity index (χ3n) is 6.32. The molecule has 1 aromatic heterocycles. The lowest BCUT2D eigenvalue weighted by molar-refractivity contribution is -0.132. The third-order valence-corrected chi connectivity index (χ3v) is 6.32. The molecular formula is C26H36N6O4. The maximum Gasteiger partial charge on any atom is 0.318 e. The number of nitrogens with one attached hydrogen (secondary N) is 1. The van der Waals surface area contributed by atoms with Crippen LogP contribution >= 0.6 is 0 Å². The minimum atomic E-state index is -0.338. The first-order chi connectivity index (χ1) is 17.2. The molecule has 0 spiro atoms. The molecule has 2 aliphatic rings. The van der Waals surface area contributed by atoms with Crippen LogP contribution in [0.3, 0.4) is 0 Å². The van der Waals surface area contributed by atoms with E-state index < -0.39 is 0 Å². The Labute approximate surface area is 212 Å². The highest BCUT2D eigenvalue weighted by molar-refractivity contribution is 5.85. The van der Waals surface area contributed by atoms with Crippen LogP contribution in [0.4, 0.5) is 10.6 Å². The number of carbonyl (C=O) groups excluding carboxylic acids is 2. The Morgan fingerprint density at radius 1 is 1.00 bits per heavy atom. The smallest absolute Gasteiger partial charge is 0.318 e. The van der Waals surface area contributed by atoms with E-state index >= 15 is 0 Å². The lowest BCUT2D eigenvalue weighted by atomic mass is 10.1. The predicted molar refractivity (Wildman–Crippen MR) is 137 cm³/mol. The summed E-state index contributed by atoms with van der Waals surface area (Å²) in [4.78, 5) is 31.3. The zero-order chi connectivity index (χ0) is 25.9. The first kappa shape index (κ1) is 25.5. The fourth-order valence-corrected chi connectivity index (χ4v) is 4.22. The Morgan fingerprint density at radius 3 is 2.25 bits per heavy atom. The highest BCUT2D eigenvalue weighted by Gasteiger charge is 2.36. The third kappa shape index (κ3) is 6.16. The first-order valence-corrected chi connectivity index (χ1v) is 12.4. The summed E-state index contributed by atoms with van der Waals surface area (Å²) in [7, 11) is 3.21. The number of hydrogen-bond donors (Lipinski definition) is 1. The number of nitrogens with zero attached hydrogens (tertiary/aromatic N) is 5. The van der Waals surface area contributed by atoms with Gasteiger partial charge in [0.1, 0.15) is 6.54 Å². The molecule has 4 rings (SSSR count). The Hall–Kier alpha value is -3.56. The number of rotatable bonds is 7. The van der Waals surface area contributed by atoms with Crippen LogP contribution < -0.4 is 19.7 Å². The molecule has 1 aliphatic heterocycles. The molecule has 1 aliphatic carbocycles. The zero-order valence-electron chi connectivity index (χ0n) is 21.8. The van der Waals surface area contributed by atoms with Crippen molar-refractivity contribution < 1.29 is 19.1 Å². The van der Waals surface area contributed by atoms with Crippen LogP contribution in [-0.2, 0) is 4.79 Å². The van der Waals surface area contributed by atoms with E-state index in [2.05, 4.69) is 20.4 Å². The maximum atomic E-state index is 13.0. The van der Waals surface area contributed by atoms with Gasteiger partial charge in [0.2, 0.25) is 5.91 Å². The number of methoxy groups -OCH3 is 2. The number of ether oxygens (including phenoxy) is 2. The van der Waals surface area contributed by atoms with Gasteiger partial charge in [0.05, 0.1) is 19.9 Å². The monoisotopic (exact) mass is 496 g/mol. The van der Waals surface area contributed by atoms with Crippen LogP contribution in [0.1, 0.15) is 33.6 Å². The number of urea groups is 1. The average molecular weight is 497 g/mol. The number of piperazine rings is 1. The van der Waals surface area contributed by atoms with Gasteiger partial charge in [-0.2, -0.15) is 0 Å². The van der Waals surface area contributed by atoms with Crippen LogP contribution in [0.15, 0.2) is 30.3 Å². The van der Waals surface area contributed by atoms with Gasteiger partial charge in [0, 0.05) is 43.3 Å². The summed E-state index contributed by atoms with van der Waals surface area (Å²) in [6, 6.07) is 9.52. The van der Waals surface area contributed by atoms with E-state index in [0.29, 0.717) is 37.7 Å². The molecule has 10 nitrogen and oxygen atoms in total. The molecule has 3 amide bonds. The van der Waals surface area contributed by atoms with Crippen LogP contribution in [0.5, 0.6) is 11.5 Å². The second kappa shape index (κ2) is 10.6. The highest BCUT2D eigenvalue weighted by Crippen LogP contribution is 2.32. The van der Waals surface area contributed by atoms with E-state index in [1.165, 1.54) is 0 Å². The standard InChI is InChI=1S/C26H36N6O4/c1-26(2,3)27-25(34)32(19-7-8-19)17-24(33)31-14-12-30(13-15-31)23-11-9-20(28-29-23)18-6-10-21(35-4)22(16-18)36-5/h6,9-11,16,19H,7-8,12-15,17H2,1-5H3,(H,27,34). The second-order valence-electron chi connectivity index (χ2n) is 10.3. The Kier molecular flexibility index (Phi) is 7.51. The van der Waals surface area contributed by atoms with Crippen molar-refractivity contribution in [1.29, 1.82) is 0 Å². The van der Waals surface area contributed by atoms with E-state index in [-0.39, 0.29) is 30.1 Å². The van der Waals surface area contributed by atoms with Crippen molar-refractivity contribution in [3.8, 4) is 22.8 Å². The number of amides is 3. The van der Waals surface area contributed by atoms with Gasteiger partial charge in [-0.25, -0.2) is 4.79 Å². The predicted octanol–water partition coefficient (Wildman–Crippen LogP) is 2.78. The van der Waals surface area contributed by atoms with Gasteiger partial charge in [0.15, 0.2) is 17.3 Å². The van der Waals surface area contributed by atoms with E-state index in [1.807, 2.05) is 56.0 Å². The summed E-state index contributed by atoms with van der Waals surface area (Å²) < 4.78 is 10.7. The fraction of sp³-hybridized carbons (Fsp3) is 0.538. The van der Waals surface area contributed by atoms with E-state index in [1.54, 1.807) is 19.1 Å². The average Bonchev–Trinajstić information content (AvgIpc) is 3.71. The molecule has 0 radical (unpaired) electrons. The summed E-state index contributed by atoms with van der Waals surface area (Å²) in [5, 5.41) is 11.8. The lowest BCUT2D eigenvalue weighted by Gasteiger charge is -2.36. The number of aromatic nitrogens is 2. The molecule has 2 heterocycles. The van der Waals surface area contributed by atoms with Gasteiger partial charge in [-0.1, -0.05) is 0 Å². The van der Waals surface area contributed by atoms with Crippen molar-refractivity contribution in [3.05, 3.63) is 30.3 Å². The molecule has 1 saturated heterocycles. The highest BCUT2D eigenvalue weighted by atomic mass is 16.5. The summed E-state index contributed by atoms with van der Waals surface area (Å²) in [6.45, 7) is 8.43. The molecule has 2 fully saturated rings. The quantitative estimate of drug-likeness (QED) is 0.629. The Morgan fingerprint density at radius 2 is 1.69 bits per heavy atom. The molecule has 1 N–H and O–H groups in total. The van der Waals surface area contributed by atoms with Crippen molar-refractivity contribution >= 4 is 17.8 Å². The molecule has 10 heteroatoms. The van der Waals surface area contributed by atoms with Crippen LogP contribution in [-0.4, -0.2) is 90.5 Å². The molecular weight excluding hydrogens is 460 g/mol. The summed E-state index contributed by atoms with van der Waals surface area (Å²) in [5.41, 5.74) is 1.29. The molecule has 36 heavy (non-hydrogen) atoms. The van der Waals surface area contributed by atoms with Gasteiger partial charge in [0.25, 0.3) is 0 Å². The minimum absolute atomic E-state index is 0.0134. The molecule has 1 aromatic carbocycles. The summed E-state index contributed by atoms with van der Waals surface area (Å²) in [6.07, 6.45) is 1.91. The Bertz CT molecular complexity index is 1070. The second-order valence-corrected chi connectivity index (χ2v) is 10.3. The molecule has 1 saturated carbocycles. The molecule has 0 bridgehead atoms. The fourth-order valence-electron chi connectivity index (χ4n) is 4.22. The van der Waals surface area contributed by atoms with E-state index in [0.717, 1.165) is 29.9 Å². The molecule has 0 atom stereocenters. The zero-order valence-corrected chi connectivity index (χ0v) is 21.8. The van der Waals surface area contributed by atoms with Crippen LogP contribution in [0, 0.1) is 0 Å². The van der Waals surface area contributed by atoms with Crippen molar-refractivity contribution in [2.45, 2.75) is 45.2 Å². The SMILES string of the molecule is COc1ccc(-c2ccc(N3CCN(C(=O)CN(C(=O)NC(C)(C)C)C4CC4)CC3)nn2)cc1OC. The maximum absolute atomic E-state index is 13.0. The van der Waals surface area contributed by atoms with Gasteiger partial charge in [-0.3, -0.25) is 4.79 Å². The van der Waals surface area contributed by atoms with Gasteiger partial charge < -0.3 is 29.5 Å². The molecule has 0 unspecified atom stereocenters. The number of carbonyl (C=O) groups is 2. The molecule has 2 aromatic rings. The number of hydrogen-bond acceptors (Lipinski definition) is 7. The molecule has 194 valence electrons. The normalized spacial score (nSPS) is 15.9. The first-order valence-electron chi connectivity index (χ1n) is 12.4. The minimum Gasteiger partial charge on any atom is -0.493 e. The topological polar surface area (TPSA) is 100 Å². The largest absolute Gasteiger partial charge is 0.493 e. The van der Waals surface area contributed by atoms with E-state index in [4.69, 9.17) is 9.47 Å². The number of anilines is 1. The van der Waals surface area contributed by atoms with Crippen LogP contribution in [0.2, 0.25) is 0 Å². The van der Waals surface area contributed by atoms with Gasteiger partial charge in [-0.15, -0.1) is 10.2 Å². The van der Waals surface area contributed by atoms with Gasteiger partial charge in [-0.05, 0) is 63.9 Å². The van der Waals surface area contributed by atoms with E-state index in [9.17, 15) is 9.59 Å². The summed E-state index contributed by atoms with van der Waals surface area (Å²) >= 11 is 0. The Balaban J connectivity index is 1.33.